The van der Waals surface area contributed by atoms with Crippen LogP contribution in [0.4, 0.5) is 0 Å². The van der Waals surface area contributed by atoms with Crippen LogP contribution in [-0.2, 0) is 6.54 Å². The number of aromatic hydroxyl groups is 1. The number of aromatic nitrogens is 1. The lowest BCUT2D eigenvalue weighted by Crippen LogP contribution is -1.93. The molecule has 1 aromatic heterocycles. The highest BCUT2D eigenvalue weighted by molar-refractivity contribution is 5.79. The van der Waals surface area contributed by atoms with Gasteiger partial charge in [0, 0.05) is 0 Å². The first-order valence-electron chi connectivity index (χ1n) is 4.05. The van der Waals surface area contributed by atoms with Crippen LogP contribution in [0.3, 0.4) is 0 Å². The van der Waals surface area contributed by atoms with Gasteiger partial charge in [-0.2, -0.15) is 0 Å². The van der Waals surface area contributed by atoms with Crippen LogP contribution in [0.25, 0.3) is 10.9 Å². The molecule has 4 heteroatoms. The average Bonchev–Trinajstić information content (AvgIpc) is 2.43. The Hall–Kier alpha value is -1.71. The summed E-state index contributed by atoms with van der Waals surface area (Å²) in [5.41, 5.74) is 0.304. The van der Waals surface area contributed by atoms with E-state index >= 15 is 0 Å². The fourth-order valence-electron chi connectivity index (χ4n) is 1.34. The van der Waals surface area contributed by atoms with Crippen molar-refractivity contribution in [3.63, 3.8) is 0 Å². The molecule has 1 heterocycles. The average molecular weight is 179 g/mol. The Kier molecular flexibility index (Phi) is 1.62. The van der Waals surface area contributed by atoms with E-state index in [1.54, 1.807) is 6.07 Å². The number of nitrogens with zero attached hydrogens (tertiary/aromatic N) is 1. The second-order valence-corrected chi connectivity index (χ2v) is 2.77. The van der Waals surface area contributed by atoms with E-state index in [-0.39, 0.29) is 5.75 Å². The Labute approximate surface area is 74.0 Å². The molecule has 4 nitrogen and oxygen atoms in total. The molecule has 0 aliphatic rings. The van der Waals surface area contributed by atoms with Crippen LogP contribution in [0.5, 0.6) is 5.75 Å². The normalized spacial score (nSPS) is 10.8. The molecule has 0 spiro atoms. The highest BCUT2D eigenvalue weighted by atomic mass is 16.5. The van der Waals surface area contributed by atoms with E-state index < -0.39 is 5.63 Å². The zero-order chi connectivity index (χ0) is 9.42. The first-order chi connectivity index (χ1) is 6.22. The summed E-state index contributed by atoms with van der Waals surface area (Å²) in [7, 11) is 0. The van der Waals surface area contributed by atoms with E-state index in [1.807, 2.05) is 6.92 Å². The third kappa shape index (κ3) is 1.11. The summed E-state index contributed by atoms with van der Waals surface area (Å²) in [5.74, 6) is 0.0775. The Morgan fingerprint density at radius 3 is 3.00 bits per heavy atom. The van der Waals surface area contributed by atoms with Crippen molar-refractivity contribution in [3.8, 4) is 5.75 Å². The van der Waals surface area contributed by atoms with Gasteiger partial charge in [-0.1, -0.05) is 0 Å². The third-order valence-electron chi connectivity index (χ3n) is 1.95. The summed E-state index contributed by atoms with van der Waals surface area (Å²) in [5, 5.41) is 9.57. The van der Waals surface area contributed by atoms with Gasteiger partial charge in [-0.25, -0.2) is 9.53 Å². The Balaban J connectivity index is 2.88. The van der Waals surface area contributed by atoms with Crippen molar-refractivity contribution in [1.82, 2.24) is 4.74 Å². The number of rotatable bonds is 1. The minimum atomic E-state index is -0.409. The number of benzene rings is 1. The maximum Gasteiger partial charge on any atom is 0.365 e. The SMILES string of the molecule is CCn1oc(=O)c2cc(O)ccc21. The second-order valence-electron chi connectivity index (χ2n) is 2.77. The summed E-state index contributed by atoms with van der Waals surface area (Å²) >= 11 is 0. The summed E-state index contributed by atoms with van der Waals surface area (Å²) in [6, 6.07) is 4.61. The van der Waals surface area contributed by atoms with Gasteiger partial charge >= 0.3 is 5.63 Å². The van der Waals surface area contributed by atoms with Crippen molar-refractivity contribution in [2.45, 2.75) is 13.5 Å². The van der Waals surface area contributed by atoms with E-state index in [2.05, 4.69) is 0 Å². The smallest absolute Gasteiger partial charge is 0.365 e. The molecule has 0 radical (unpaired) electrons. The minimum Gasteiger partial charge on any atom is -0.508 e. The van der Waals surface area contributed by atoms with Gasteiger partial charge in [-0.3, -0.25) is 0 Å². The van der Waals surface area contributed by atoms with Gasteiger partial charge in [-0.15, -0.1) is 0 Å². The molecular formula is C9H9NO3. The van der Waals surface area contributed by atoms with Crippen LogP contribution < -0.4 is 5.63 Å². The van der Waals surface area contributed by atoms with Crippen LogP contribution in [0.2, 0.25) is 0 Å². The topological polar surface area (TPSA) is 55.4 Å². The number of hydrogen-bond donors (Lipinski definition) is 1. The molecule has 13 heavy (non-hydrogen) atoms. The maximum absolute atomic E-state index is 11.2. The van der Waals surface area contributed by atoms with Gasteiger partial charge in [0.15, 0.2) is 0 Å². The van der Waals surface area contributed by atoms with Crippen LogP contribution in [0.15, 0.2) is 27.5 Å². The van der Waals surface area contributed by atoms with E-state index in [1.165, 1.54) is 16.9 Å². The van der Waals surface area contributed by atoms with Crippen molar-refractivity contribution >= 4 is 10.9 Å². The predicted molar refractivity (Wildman–Crippen MR) is 47.8 cm³/mol. The van der Waals surface area contributed by atoms with E-state index in [0.29, 0.717) is 17.4 Å². The van der Waals surface area contributed by atoms with Gasteiger partial charge in [0.25, 0.3) is 0 Å². The first-order valence-corrected chi connectivity index (χ1v) is 4.05. The Morgan fingerprint density at radius 1 is 1.54 bits per heavy atom. The second kappa shape index (κ2) is 2.65. The lowest BCUT2D eigenvalue weighted by molar-refractivity contribution is 0.270. The van der Waals surface area contributed by atoms with Crippen molar-refractivity contribution in [2.24, 2.45) is 0 Å². The van der Waals surface area contributed by atoms with Crippen molar-refractivity contribution in [1.29, 1.82) is 0 Å². The Bertz CT molecular complexity index is 495. The summed E-state index contributed by atoms with van der Waals surface area (Å²) < 4.78 is 6.42. The van der Waals surface area contributed by atoms with Crippen molar-refractivity contribution in [3.05, 3.63) is 28.6 Å². The highest BCUT2D eigenvalue weighted by Gasteiger charge is 2.07. The molecule has 1 aromatic carbocycles. The maximum atomic E-state index is 11.2. The van der Waals surface area contributed by atoms with E-state index in [0.717, 1.165) is 0 Å². The van der Waals surface area contributed by atoms with E-state index in [4.69, 9.17) is 9.63 Å². The van der Waals surface area contributed by atoms with Gasteiger partial charge in [0.05, 0.1) is 17.4 Å². The molecule has 0 atom stereocenters. The molecule has 0 unspecified atom stereocenters. The van der Waals surface area contributed by atoms with Gasteiger partial charge in [-0.05, 0) is 25.1 Å². The molecule has 0 saturated carbocycles. The van der Waals surface area contributed by atoms with Crippen molar-refractivity contribution < 1.29 is 9.63 Å². The minimum absolute atomic E-state index is 0.0775. The molecule has 0 aliphatic heterocycles. The van der Waals surface area contributed by atoms with Gasteiger partial charge in [0.2, 0.25) is 0 Å². The molecule has 2 aromatic rings. The number of fused-ring (bicyclic) bond motifs is 1. The third-order valence-corrected chi connectivity index (χ3v) is 1.95. The molecule has 68 valence electrons. The molecule has 1 N–H and O–H groups in total. The summed E-state index contributed by atoms with van der Waals surface area (Å²) in [4.78, 5) is 11.2. The van der Waals surface area contributed by atoms with E-state index in [9.17, 15) is 4.79 Å². The monoisotopic (exact) mass is 179 g/mol. The fraction of sp³-hybridized carbons (Fsp3) is 0.222. The standard InChI is InChI=1S/C9H9NO3/c1-2-10-8-4-3-6(11)5-7(8)9(12)13-10/h3-5,11H,2H2,1H3. The molecular weight excluding hydrogens is 170 g/mol. The largest absolute Gasteiger partial charge is 0.508 e. The lowest BCUT2D eigenvalue weighted by Gasteiger charge is -1.95. The fourth-order valence-corrected chi connectivity index (χ4v) is 1.34. The number of phenolic OH excluding ortho intramolecular Hbond substituents is 1. The quantitative estimate of drug-likeness (QED) is 0.718. The number of phenols is 1. The van der Waals surface area contributed by atoms with Crippen LogP contribution in [0, 0.1) is 0 Å². The lowest BCUT2D eigenvalue weighted by atomic mass is 10.2. The summed E-state index contributed by atoms with van der Waals surface area (Å²) in [6.07, 6.45) is 0. The number of hydrogen-bond acceptors (Lipinski definition) is 3. The first kappa shape index (κ1) is 7.91. The zero-order valence-corrected chi connectivity index (χ0v) is 7.15. The molecule has 0 saturated heterocycles. The molecule has 0 bridgehead atoms. The molecule has 0 amide bonds. The van der Waals surface area contributed by atoms with Crippen LogP contribution in [0.1, 0.15) is 6.92 Å². The predicted octanol–water partition coefficient (Wildman–Crippen LogP) is 1.32. The highest BCUT2D eigenvalue weighted by Crippen LogP contribution is 2.17. The van der Waals surface area contributed by atoms with Crippen molar-refractivity contribution in [2.75, 3.05) is 0 Å². The molecule has 2 rings (SSSR count). The van der Waals surface area contributed by atoms with Gasteiger partial charge in [0.1, 0.15) is 5.75 Å². The molecule has 0 aliphatic carbocycles. The number of aryl methyl sites for hydroxylation is 1. The zero-order valence-electron chi connectivity index (χ0n) is 7.15. The Morgan fingerprint density at radius 2 is 2.31 bits per heavy atom. The van der Waals surface area contributed by atoms with Gasteiger partial charge < -0.3 is 9.63 Å². The van der Waals surface area contributed by atoms with Crippen LogP contribution >= 0.6 is 0 Å². The molecule has 0 fully saturated rings. The van der Waals surface area contributed by atoms with Crippen LogP contribution in [-0.4, -0.2) is 9.85 Å². The summed E-state index contributed by atoms with van der Waals surface area (Å²) in [6.45, 7) is 2.48.